The van der Waals surface area contributed by atoms with E-state index in [0.29, 0.717) is 24.3 Å². The quantitative estimate of drug-likeness (QED) is 0.620. The van der Waals surface area contributed by atoms with Gasteiger partial charge in [-0.3, -0.25) is 15.2 Å². The Morgan fingerprint density at radius 2 is 2.25 bits per heavy atom. The number of benzene rings is 1. The SMILES string of the molecule is Nc1cc(C(=O)O)ccc1N1CCC(=O)N1. The summed E-state index contributed by atoms with van der Waals surface area (Å²) in [6, 6.07) is 4.42. The number of hydrazine groups is 1. The van der Waals surface area contributed by atoms with E-state index in [1.165, 1.54) is 12.1 Å². The highest BCUT2D eigenvalue weighted by Crippen LogP contribution is 2.24. The summed E-state index contributed by atoms with van der Waals surface area (Å²) in [6.45, 7) is 0.537. The summed E-state index contributed by atoms with van der Waals surface area (Å²) in [4.78, 5) is 21.7. The van der Waals surface area contributed by atoms with Gasteiger partial charge in [0, 0.05) is 13.0 Å². The fourth-order valence-electron chi connectivity index (χ4n) is 1.59. The Hall–Kier alpha value is -2.24. The van der Waals surface area contributed by atoms with E-state index < -0.39 is 5.97 Å². The molecule has 0 aromatic heterocycles. The normalized spacial score (nSPS) is 15.0. The molecule has 0 atom stereocenters. The molecule has 1 fully saturated rings. The topological polar surface area (TPSA) is 95.7 Å². The van der Waals surface area contributed by atoms with Crippen LogP contribution in [0.25, 0.3) is 0 Å². The third-order valence-corrected chi connectivity index (χ3v) is 2.39. The number of hydrogen-bond donors (Lipinski definition) is 3. The van der Waals surface area contributed by atoms with E-state index in [1.807, 2.05) is 0 Å². The van der Waals surface area contributed by atoms with Crippen molar-refractivity contribution in [2.45, 2.75) is 6.42 Å². The van der Waals surface area contributed by atoms with Gasteiger partial charge < -0.3 is 10.8 Å². The monoisotopic (exact) mass is 221 g/mol. The Morgan fingerprint density at radius 1 is 1.50 bits per heavy atom. The first-order chi connectivity index (χ1) is 7.58. The van der Waals surface area contributed by atoms with E-state index in [0.717, 1.165) is 0 Å². The third kappa shape index (κ3) is 1.77. The van der Waals surface area contributed by atoms with Crippen LogP contribution in [0.3, 0.4) is 0 Å². The van der Waals surface area contributed by atoms with Gasteiger partial charge in [0.25, 0.3) is 0 Å². The molecule has 0 aliphatic carbocycles. The van der Waals surface area contributed by atoms with Gasteiger partial charge in [-0.25, -0.2) is 4.79 Å². The van der Waals surface area contributed by atoms with Gasteiger partial charge in [-0.05, 0) is 18.2 Å². The molecule has 6 heteroatoms. The smallest absolute Gasteiger partial charge is 0.335 e. The second-order valence-electron chi connectivity index (χ2n) is 3.52. The van der Waals surface area contributed by atoms with Crippen molar-refractivity contribution in [2.75, 3.05) is 17.3 Å². The Kier molecular flexibility index (Phi) is 2.40. The maximum absolute atomic E-state index is 11.0. The van der Waals surface area contributed by atoms with Gasteiger partial charge in [-0.1, -0.05) is 0 Å². The lowest BCUT2D eigenvalue weighted by Crippen LogP contribution is -2.33. The fourth-order valence-corrected chi connectivity index (χ4v) is 1.59. The number of carbonyl (C=O) groups is 2. The number of carbonyl (C=O) groups excluding carboxylic acids is 1. The van der Waals surface area contributed by atoms with Crippen molar-refractivity contribution in [3.8, 4) is 0 Å². The number of nitrogens with zero attached hydrogens (tertiary/aromatic N) is 1. The van der Waals surface area contributed by atoms with Crippen LogP contribution in [0.2, 0.25) is 0 Å². The average Bonchev–Trinajstić information content (AvgIpc) is 2.64. The van der Waals surface area contributed by atoms with Gasteiger partial charge in [0.2, 0.25) is 5.91 Å². The minimum Gasteiger partial charge on any atom is -0.478 e. The first kappa shape index (κ1) is 10.3. The largest absolute Gasteiger partial charge is 0.478 e. The van der Waals surface area contributed by atoms with Crippen molar-refractivity contribution in [1.29, 1.82) is 0 Å². The fraction of sp³-hybridized carbons (Fsp3) is 0.200. The molecule has 1 amide bonds. The highest BCUT2D eigenvalue weighted by molar-refractivity contribution is 5.91. The number of nitrogen functional groups attached to an aromatic ring is 1. The van der Waals surface area contributed by atoms with E-state index in [2.05, 4.69) is 5.43 Å². The second-order valence-corrected chi connectivity index (χ2v) is 3.52. The predicted octanol–water partition coefficient (Wildman–Crippen LogP) is 0.208. The van der Waals surface area contributed by atoms with Crippen molar-refractivity contribution in [3.63, 3.8) is 0 Å². The first-order valence-corrected chi connectivity index (χ1v) is 4.78. The number of anilines is 2. The van der Waals surface area contributed by atoms with Crippen molar-refractivity contribution in [3.05, 3.63) is 23.8 Å². The molecule has 0 unspecified atom stereocenters. The van der Waals surface area contributed by atoms with Crippen LogP contribution in [0.1, 0.15) is 16.8 Å². The second kappa shape index (κ2) is 3.73. The molecule has 1 aliphatic heterocycles. The number of nitrogens with two attached hydrogens (primary N) is 1. The molecule has 16 heavy (non-hydrogen) atoms. The molecule has 0 bridgehead atoms. The van der Waals surface area contributed by atoms with E-state index in [-0.39, 0.29) is 11.5 Å². The molecule has 0 spiro atoms. The summed E-state index contributed by atoms with van der Waals surface area (Å²) >= 11 is 0. The highest BCUT2D eigenvalue weighted by Gasteiger charge is 2.20. The molecule has 2 rings (SSSR count). The Labute approximate surface area is 91.6 Å². The standard InChI is InChI=1S/C10H11N3O3/c11-7-5-6(10(15)16)1-2-8(7)13-4-3-9(14)12-13/h1-2,5H,3-4,11H2,(H,12,14)(H,15,16). The summed E-state index contributed by atoms with van der Waals surface area (Å²) in [7, 11) is 0. The molecular weight excluding hydrogens is 210 g/mol. The molecule has 1 aliphatic rings. The zero-order chi connectivity index (χ0) is 11.7. The molecule has 0 saturated carbocycles. The summed E-state index contributed by atoms with van der Waals surface area (Å²) in [5.74, 6) is -1.09. The van der Waals surface area contributed by atoms with Crippen LogP contribution in [0.5, 0.6) is 0 Å². The van der Waals surface area contributed by atoms with Crippen molar-refractivity contribution in [2.24, 2.45) is 0 Å². The molecule has 1 aromatic rings. The van der Waals surface area contributed by atoms with E-state index in [4.69, 9.17) is 10.8 Å². The molecule has 1 saturated heterocycles. The summed E-state index contributed by atoms with van der Waals surface area (Å²) in [5, 5.41) is 10.4. The molecule has 1 aromatic carbocycles. The first-order valence-electron chi connectivity index (χ1n) is 4.78. The van der Waals surface area contributed by atoms with Crippen molar-refractivity contribution in [1.82, 2.24) is 5.43 Å². The number of hydrogen-bond acceptors (Lipinski definition) is 4. The molecule has 84 valence electrons. The lowest BCUT2D eigenvalue weighted by atomic mass is 10.1. The number of carboxylic acid groups (broad SMARTS) is 1. The van der Waals surface area contributed by atoms with Gasteiger partial charge in [0.1, 0.15) is 0 Å². The van der Waals surface area contributed by atoms with Crippen LogP contribution < -0.4 is 16.2 Å². The van der Waals surface area contributed by atoms with Crippen LogP contribution in [-0.4, -0.2) is 23.5 Å². The predicted molar refractivity (Wildman–Crippen MR) is 57.9 cm³/mol. The molecule has 4 N–H and O–H groups in total. The lowest BCUT2D eigenvalue weighted by molar-refractivity contribution is -0.119. The summed E-state index contributed by atoms with van der Waals surface area (Å²) in [6.07, 6.45) is 0.417. The average molecular weight is 221 g/mol. The van der Waals surface area contributed by atoms with Gasteiger partial charge in [-0.15, -0.1) is 0 Å². The van der Waals surface area contributed by atoms with Gasteiger partial charge in [0.15, 0.2) is 0 Å². The Bertz CT molecular complexity index is 459. The minimum atomic E-state index is -1.02. The van der Waals surface area contributed by atoms with Crippen molar-refractivity contribution < 1.29 is 14.7 Å². The molecule has 1 heterocycles. The number of rotatable bonds is 2. The summed E-state index contributed by atoms with van der Waals surface area (Å²) in [5.41, 5.74) is 9.44. The van der Waals surface area contributed by atoms with Gasteiger partial charge in [0.05, 0.1) is 16.9 Å². The number of aromatic carboxylic acids is 1. The number of carboxylic acids is 1. The van der Waals surface area contributed by atoms with Crippen LogP contribution in [0.4, 0.5) is 11.4 Å². The van der Waals surface area contributed by atoms with E-state index in [1.54, 1.807) is 11.1 Å². The van der Waals surface area contributed by atoms with Crippen LogP contribution in [0, 0.1) is 0 Å². The van der Waals surface area contributed by atoms with Crippen LogP contribution in [0.15, 0.2) is 18.2 Å². The van der Waals surface area contributed by atoms with Gasteiger partial charge in [-0.2, -0.15) is 0 Å². The van der Waals surface area contributed by atoms with Gasteiger partial charge >= 0.3 is 5.97 Å². The summed E-state index contributed by atoms with van der Waals surface area (Å²) < 4.78 is 0. The third-order valence-electron chi connectivity index (χ3n) is 2.39. The van der Waals surface area contributed by atoms with Crippen LogP contribution >= 0.6 is 0 Å². The highest BCUT2D eigenvalue weighted by atomic mass is 16.4. The molecule has 0 radical (unpaired) electrons. The lowest BCUT2D eigenvalue weighted by Gasteiger charge is -2.19. The van der Waals surface area contributed by atoms with Crippen LogP contribution in [-0.2, 0) is 4.79 Å². The van der Waals surface area contributed by atoms with Crippen molar-refractivity contribution >= 4 is 23.3 Å². The number of amides is 1. The maximum atomic E-state index is 11.0. The minimum absolute atomic E-state index is 0.0679. The molecule has 6 nitrogen and oxygen atoms in total. The number of nitrogens with one attached hydrogen (secondary N) is 1. The molecular formula is C10H11N3O3. The zero-order valence-corrected chi connectivity index (χ0v) is 8.43. The van der Waals surface area contributed by atoms with E-state index in [9.17, 15) is 9.59 Å². The maximum Gasteiger partial charge on any atom is 0.335 e. The Morgan fingerprint density at radius 3 is 2.75 bits per heavy atom. The zero-order valence-electron chi connectivity index (χ0n) is 8.43. The Balaban J connectivity index is 2.29. The van der Waals surface area contributed by atoms with E-state index >= 15 is 0 Å².